The molecule has 2 amide bonds. The highest BCUT2D eigenvalue weighted by Gasteiger charge is 2.07. The van der Waals surface area contributed by atoms with Gasteiger partial charge in [-0.15, -0.1) is 0 Å². The van der Waals surface area contributed by atoms with Gasteiger partial charge in [-0.05, 0) is 24.3 Å². The first kappa shape index (κ1) is 16.6. The van der Waals surface area contributed by atoms with Crippen molar-refractivity contribution >= 4 is 35.0 Å². The summed E-state index contributed by atoms with van der Waals surface area (Å²) in [5.74, 6) is -0.857. The first-order valence-corrected chi connectivity index (χ1v) is 7.51. The van der Waals surface area contributed by atoms with E-state index in [1.54, 1.807) is 24.3 Å². The third-order valence-corrected chi connectivity index (χ3v) is 3.41. The minimum atomic E-state index is -0.492. The summed E-state index contributed by atoms with van der Waals surface area (Å²) >= 11 is 0.992. The Labute approximate surface area is 135 Å². The number of rotatable bonds is 5. The van der Waals surface area contributed by atoms with Crippen LogP contribution in [-0.4, -0.2) is 32.6 Å². The number of hydrogen-bond acceptors (Lipinski definition) is 6. The minimum Gasteiger partial charge on any atom is -0.493 e. The Kier molecular flexibility index (Phi) is 5.36. The Morgan fingerprint density at radius 2 is 1.83 bits per heavy atom. The van der Waals surface area contributed by atoms with E-state index in [1.807, 2.05) is 0 Å². The number of aromatic nitrogens is 2. The first-order chi connectivity index (χ1) is 10.9. The molecule has 0 aliphatic carbocycles. The van der Waals surface area contributed by atoms with Crippen molar-refractivity contribution in [2.24, 2.45) is 0 Å². The summed E-state index contributed by atoms with van der Waals surface area (Å²) in [6, 6.07) is 7.59. The molecule has 120 valence electrons. The zero-order chi connectivity index (χ0) is 16.8. The number of nitrogens with zero attached hydrogens (tertiary/aromatic N) is 1. The number of hydrogen-bond donors (Lipinski definition) is 4. The highest BCUT2D eigenvalue weighted by atomic mass is 32.2. The average molecular weight is 334 g/mol. The number of benzene rings is 1. The highest BCUT2D eigenvalue weighted by molar-refractivity contribution is 7.99. The summed E-state index contributed by atoms with van der Waals surface area (Å²) in [7, 11) is 0. The number of aromatic hydroxyl groups is 1. The van der Waals surface area contributed by atoms with Crippen LogP contribution in [0.3, 0.4) is 0 Å². The number of aromatic amines is 1. The van der Waals surface area contributed by atoms with Crippen LogP contribution in [0.5, 0.6) is 5.88 Å². The summed E-state index contributed by atoms with van der Waals surface area (Å²) in [6.07, 6.45) is 0. The van der Waals surface area contributed by atoms with Crippen molar-refractivity contribution in [3.05, 3.63) is 40.7 Å². The standard InChI is InChI=1S/C14H14N4O4S/c1-8(19)15-9-2-4-10(5-3-9)16-13(22)7-23-14-17-11(20)6-12(21)18-14/h2-6H,7H2,1H3,(H,15,19)(H,16,22)(H2,17,18,20,21). The summed E-state index contributed by atoms with van der Waals surface area (Å²) in [5.41, 5.74) is 0.711. The van der Waals surface area contributed by atoms with Gasteiger partial charge in [0, 0.05) is 18.3 Å². The molecule has 0 fully saturated rings. The molecule has 2 aromatic rings. The van der Waals surface area contributed by atoms with Crippen LogP contribution in [0.4, 0.5) is 11.4 Å². The highest BCUT2D eigenvalue weighted by Crippen LogP contribution is 2.16. The molecular formula is C14H14N4O4S. The predicted molar refractivity (Wildman–Crippen MR) is 86.6 cm³/mol. The van der Waals surface area contributed by atoms with E-state index < -0.39 is 11.4 Å². The molecule has 0 saturated carbocycles. The minimum absolute atomic E-state index is 0.0137. The van der Waals surface area contributed by atoms with Crippen LogP contribution >= 0.6 is 11.8 Å². The van der Waals surface area contributed by atoms with Gasteiger partial charge >= 0.3 is 0 Å². The van der Waals surface area contributed by atoms with Crippen LogP contribution in [-0.2, 0) is 9.59 Å². The van der Waals surface area contributed by atoms with Gasteiger partial charge in [0.2, 0.25) is 17.7 Å². The molecule has 0 atom stereocenters. The van der Waals surface area contributed by atoms with E-state index in [2.05, 4.69) is 20.6 Å². The topological polar surface area (TPSA) is 124 Å². The lowest BCUT2D eigenvalue weighted by Gasteiger charge is -2.06. The smallest absolute Gasteiger partial charge is 0.255 e. The third-order valence-electron chi connectivity index (χ3n) is 2.54. The van der Waals surface area contributed by atoms with E-state index in [0.717, 1.165) is 17.8 Å². The van der Waals surface area contributed by atoms with Crippen LogP contribution in [0, 0.1) is 0 Å². The quantitative estimate of drug-likeness (QED) is 0.480. The number of anilines is 2. The Morgan fingerprint density at radius 1 is 1.22 bits per heavy atom. The lowest BCUT2D eigenvalue weighted by molar-refractivity contribution is -0.114. The number of carbonyl (C=O) groups excluding carboxylic acids is 2. The second-order valence-electron chi connectivity index (χ2n) is 4.50. The lowest BCUT2D eigenvalue weighted by Crippen LogP contribution is -2.15. The van der Waals surface area contributed by atoms with Crippen molar-refractivity contribution in [1.29, 1.82) is 0 Å². The maximum atomic E-state index is 11.8. The SMILES string of the molecule is CC(=O)Nc1ccc(NC(=O)CSc2nc(O)cc(=O)[nH]2)cc1. The molecule has 0 bridgehead atoms. The monoisotopic (exact) mass is 334 g/mol. The second kappa shape index (κ2) is 7.45. The zero-order valence-corrected chi connectivity index (χ0v) is 12.9. The van der Waals surface area contributed by atoms with Gasteiger partial charge in [0.1, 0.15) is 0 Å². The summed E-state index contributed by atoms with van der Waals surface area (Å²) < 4.78 is 0. The number of nitrogens with one attached hydrogen (secondary N) is 3. The molecule has 9 heteroatoms. The second-order valence-corrected chi connectivity index (χ2v) is 5.47. The average Bonchev–Trinajstić information content (AvgIpc) is 2.46. The van der Waals surface area contributed by atoms with Gasteiger partial charge in [-0.2, -0.15) is 4.98 Å². The van der Waals surface area contributed by atoms with Crippen LogP contribution < -0.4 is 16.2 Å². The van der Waals surface area contributed by atoms with Gasteiger partial charge in [0.15, 0.2) is 5.16 Å². The van der Waals surface area contributed by atoms with Gasteiger partial charge < -0.3 is 20.7 Å². The summed E-state index contributed by atoms with van der Waals surface area (Å²) in [4.78, 5) is 40.0. The molecule has 0 aliphatic rings. The van der Waals surface area contributed by atoms with E-state index >= 15 is 0 Å². The van der Waals surface area contributed by atoms with E-state index in [-0.39, 0.29) is 22.7 Å². The molecule has 0 spiro atoms. The van der Waals surface area contributed by atoms with Gasteiger partial charge in [0.25, 0.3) is 5.56 Å². The van der Waals surface area contributed by atoms with Crippen LogP contribution in [0.1, 0.15) is 6.92 Å². The number of thioether (sulfide) groups is 1. The fourth-order valence-corrected chi connectivity index (χ4v) is 2.33. The molecule has 1 heterocycles. The lowest BCUT2D eigenvalue weighted by atomic mass is 10.3. The molecule has 8 nitrogen and oxygen atoms in total. The predicted octanol–water partition coefficient (Wildman–Crippen LogP) is 1.16. The number of H-pyrrole nitrogens is 1. The van der Waals surface area contributed by atoms with Crippen molar-refractivity contribution < 1.29 is 14.7 Å². The van der Waals surface area contributed by atoms with E-state index in [9.17, 15) is 19.5 Å². The first-order valence-electron chi connectivity index (χ1n) is 6.53. The van der Waals surface area contributed by atoms with Gasteiger partial charge in [-0.3, -0.25) is 14.4 Å². The van der Waals surface area contributed by atoms with Crippen molar-refractivity contribution in [2.45, 2.75) is 12.1 Å². The normalized spacial score (nSPS) is 10.1. The number of carbonyl (C=O) groups is 2. The zero-order valence-electron chi connectivity index (χ0n) is 12.1. The molecule has 0 saturated heterocycles. The fraction of sp³-hybridized carbons (Fsp3) is 0.143. The molecule has 0 radical (unpaired) electrons. The molecule has 23 heavy (non-hydrogen) atoms. The molecule has 4 N–H and O–H groups in total. The van der Waals surface area contributed by atoms with E-state index in [4.69, 9.17) is 0 Å². The van der Waals surface area contributed by atoms with Gasteiger partial charge in [0.05, 0.1) is 11.8 Å². The third kappa shape index (κ3) is 5.47. The van der Waals surface area contributed by atoms with Gasteiger partial charge in [-0.25, -0.2) is 0 Å². The maximum Gasteiger partial charge on any atom is 0.255 e. The fourth-order valence-electron chi connectivity index (χ4n) is 1.66. The molecule has 0 unspecified atom stereocenters. The Bertz CT molecular complexity index is 773. The van der Waals surface area contributed by atoms with Crippen LogP contribution in [0.2, 0.25) is 0 Å². The Hall–Kier alpha value is -2.81. The number of amides is 2. The van der Waals surface area contributed by atoms with Crippen molar-refractivity contribution in [3.8, 4) is 5.88 Å². The molecule has 1 aromatic heterocycles. The van der Waals surface area contributed by atoms with Crippen LogP contribution in [0.15, 0.2) is 40.3 Å². The van der Waals surface area contributed by atoms with Crippen molar-refractivity contribution in [2.75, 3.05) is 16.4 Å². The molecule has 0 aliphatic heterocycles. The molecule has 2 rings (SSSR count). The molecule has 1 aromatic carbocycles. The largest absolute Gasteiger partial charge is 0.493 e. The van der Waals surface area contributed by atoms with E-state index in [0.29, 0.717) is 11.4 Å². The summed E-state index contributed by atoms with van der Waals surface area (Å²) in [6.45, 7) is 1.41. The molecular weight excluding hydrogens is 320 g/mol. The van der Waals surface area contributed by atoms with Crippen LogP contribution in [0.25, 0.3) is 0 Å². The Morgan fingerprint density at radius 3 is 2.39 bits per heavy atom. The van der Waals surface area contributed by atoms with Crippen molar-refractivity contribution in [3.63, 3.8) is 0 Å². The summed E-state index contributed by atoms with van der Waals surface area (Å²) in [5, 5.41) is 14.7. The maximum absolute atomic E-state index is 11.8. The van der Waals surface area contributed by atoms with Crippen molar-refractivity contribution in [1.82, 2.24) is 9.97 Å². The Balaban J connectivity index is 1.89. The van der Waals surface area contributed by atoms with E-state index in [1.165, 1.54) is 6.92 Å². The van der Waals surface area contributed by atoms with Gasteiger partial charge in [-0.1, -0.05) is 11.8 Å².